The number of carbonyl (C=O) groups is 1. The first-order valence-corrected chi connectivity index (χ1v) is 11.0. The van der Waals surface area contributed by atoms with E-state index in [9.17, 15) is 13.2 Å². The molecule has 2 aliphatic rings. The van der Waals surface area contributed by atoms with Crippen LogP contribution in [-0.4, -0.2) is 31.3 Å². The first-order valence-electron chi connectivity index (χ1n) is 9.47. The molecule has 1 aromatic heterocycles. The number of sulfonamides is 1. The van der Waals surface area contributed by atoms with Crippen molar-refractivity contribution in [3.05, 3.63) is 29.7 Å². The zero-order valence-corrected chi connectivity index (χ0v) is 17.3. The molecule has 2 heterocycles. The lowest BCUT2D eigenvalue weighted by Gasteiger charge is -2.21. The molecule has 29 heavy (non-hydrogen) atoms. The molecule has 9 nitrogen and oxygen atoms in total. The summed E-state index contributed by atoms with van der Waals surface area (Å²) in [5.74, 6) is 0.308. The molecule has 1 spiro atoms. The van der Waals surface area contributed by atoms with E-state index in [1.54, 1.807) is 18.2 Å². The highest BCUT2D eigenvalue weighted by atomic mass is 32.2. The number of benzene rings is 1. The highest BCUT2D eigenvalue weighted by molar-refractivity contribution is 7.89. The van der Waals surface area contributed by atoms with Crippen molar-refractivity contribution in [2.75, 3.05) is 5.32 Å². The number of carbonyl (C=O) groups excluding carboxylic acids is 1. The van der Waals surface area contributed by atoms with Gasteiger partial charge in [-0.05, 0) is 45.7 Å². The monoisotopic (exact) mass is 421 g/mol. The minimum atomic E-state index is -3.95. The largest absolute Gasteiger partial charge is 0.448 e. The molecule has 1 aromatic carbocycles. The molecule has 0 bridgehead atoms. The maximum atomic E-state index is 12.6. The quantitative estimate of drug-likeness (QED) is 0.761. The maximum Gasteiger partial charge on any atom is 0.251 e. The van der Waals surface area contributed by atoms with E-state index in [0.29, 0.717) is 17.2 Å². The normalized spacial score (nSPS) is 18.2. The van der Waals surface area contributed by atoms with Gasteiger partial charge in [0.05, 0.1) is 6.04 Å². The van der Waals surface area contributed by atoms with Gasteiger partial charge in [-0.1, -0.05) is 5.16 Å². The molecule has 0 saturated heterocycles. The molecule has 1 fully saturated rings. The lowest BCUT2D eigenvalue weighted by atomic mass is 10.2. The molecule has 0 radical (unpaired) electrons. The molecule has 1 atom stereocenters. The number of aryl methyl sites for hydroxylation is 2. The van der Waals surface area contributed by atoms with E-state index in [1.165, 1.54) is 20.8 Å². The highest BCUT2D eigenvalue weighted by Crippen LogP contribution is 2.47. The van der Waals surface area contributed by atoms with Gasteiger partial charge in [0.15, 0.2) is 17.3 Å². The van der Waals surface area contributed by atoms with E-state index in [4.69, 9.17) is 14.0 Å². The summed E-state index contributed by atoms with van der Waals surface area (Å²) >= 11 is 0. The number of hydrogen-bond donors (Lipinski definition) is 2. The molecule has 4 rings (SSSR count). The van der Waals surface area contributed by atoms with Crippen LogP contribution in [0.25, 0.3) is 0 Å². The summed E-state index contributed by atoms with van der Waals surface area (Å²) in [7, 11) is -3.95. The number of aromatic nitrogens is 1. The van der Waals surface area contributed by atoms with Gasteiger partial charge in [0, 0.05) is 24.6 Å². The average Bonchev–Trinajstić information content (AvgIpc) is 3.33. The fraction of sp³-hybridized carbons (Fsp3) is 0.474. The smallest absolute Gasteiger partial charge is 0.251 e. The Morgan fingerprint density at radius 2 is 1.86 bits per heavy atom. The van der Waals surface area contributed by atoms with Gasteiger partial charge in [-0.25, -0.2) is 8.42 Å². The van der Waals surface area contributed by atoms with Gasteiger partial charge in [-0.3, -0.25) is 4.79 Å². The number of rotatable bonds is 5. The van der Waals surface area contributed by atoms with Gasteiger partial charge < -0.3 is 19.3 Å². The molecule has 2 aromatic rings. The first kappa shape index (κ1) is 19.7. The topological polar surface area (TPSA) is 120 Å². The fourth-order valence-corrected chi connectivity index (χ4v) is 5.28. The third-order valence-electron chi connectivity index (χ3n) is 5.13. The second kappa shape index (κ2) is 7.03. The fourth-order valence-electron chi connectivity index (χ4n) is 3.74. The van der Waals surface area contributed by atoms with Crippen LogP contribution in [0.3, 0.4) is 0 Å². The minimum Gasteiger partial charge on any atom is -0.448 e. The third kappa shape index (κ3) is 3.69. The Kier molecular flexibility index (Phi) is 4.78. The van der Waals surface area contributed by atoms with Gasteiger partial charge in [0.2, 0.25) is 15.9 Å². The van der Waals surface area contributed by atoms with Gasteiger partial charge >= 0.3 is 0 Å². The summed E-state index contributed by atoms with van der Waals surface area (Å²) in [6, 6.07) is 4.12. The predicted molar refractivity (Wildman–Crippen MR) is 103 cm³/mol. The van der Waals surface area contributed by atoms with Gasteiger partial charge in [0.1, 0.15) is 10.6 Å². The number of ether oxygens (including phenoxy) is 2. The number of nitrogens with zero attached hydrogens (tertiary/aromatic N) is 1. The second-order valence-corrected chi connectivity index (χ2v) is 9.12. The van der Waals surface area contributed by atoms with Crippen LogP contribution in [0, 0.1) is 13.8 Å². The molecule has 1 amide bonds. The van der Waals surface area contributed by atoms with Crippen molar-refractivity contribution in [1.82, 2.24) is 9.88 Å². The van der Waals surface area contributed by atoms with Crippen LogP contribution < -0.4 is 19.5 Å². The van der Waals surface area contributed by atoms with Crippen molar-refractivity contribution >= 4 is 21.6 Å². The van der Waals surface area contributed by atoms with E-state index in [1.807, 2.05) is 0 Å². The third-order valence-corrected chi connectivity index (χ3v) is 6.91. The van der Waals surface area contributed by atoms with Crippen molar-refractivity contribution in [3.8, 4) is 11.5 Å². The lowest BCUT2D eigenvalue weighted by Crippen LogP contribution is -2.41. The number of hydrogen-bond acceptors (Lipinski definition) is 7. The second-order valence-electron chi connectivity index (χ2n) is 7.47. The van der Waals surface area contributed by atoms with E-state index in [-0.39, 0.29) is 16.3 Å². The molecular formula is C19H23N3O6S. The standard InChI is InChI=1S/C19H23N3O6S/c1-11-17(13(3)28-21-11)29(24,25)22-12(2)18(23)20-14-6-7-15-16(10-14)27-19(26-15)8-4-5-9-19/h6-7,10,12,22H,4-5,8-9H2,1-3H3,(H,20,23)/t12-/m0/s1. The predicted octanol–water partition coefficient (Wildman–Crippen LogP) is 2.64. The lowest BCUT2D eigenvalue weighted by molar-refractivity contribution is -0.117. The zero-order chi connectivity index (χ0) is 20.8. The Labute approximate surface area is 168 Å². The Bertz CT molecular complexity index is 1040. The first-order chi connectivity index (χ1) is 13.7. The minimum absolute atomic E-state index is 0.0536. The van der Waals surface area contributed by atoms with Crippen molar-refractivity contribution in [3.63, 3.8) is 0 Å². The molecule has 0 unspecified atom stereocenters. The zero-order valence-electron chi connectivity index (χ0n) is 16.4. The molecule has 2 N–H and O–H groups in total. The van der Waals surface area contributed by atoms with Gasteiger partial charge in [0.25, 0.3) is 5.79 Å². The van der Waals surface area contributed by atoms with E-state index < -0.39 is 27.8 Å². The van der Waals surface area contributed by atoms with Crippen LogP contribution in [0.2, 0.25) is 0 Å². The summed E-state index contributed by atoms with van der Waals surface area (Å²) in [6.45, 7) is 4.49. The van der Waals surface area contributed by atoms with Crippen LogP contribution in [0.1, 0.15) is 44.1 Å². The van der Waals surface area contributed by atoms with Crippen molar-refractivity contribution in [1.29, 1.82) is 0 Å². The van der Waals surface area contributed by atoms with Crippen LogP contribution in [0.15, 0.2) is 27.6 Å². The number of nitrogens with one attached hydrogen (secondary N) is 2. The van der Waals surface area contributed by atoms with E-state index >= 15 is 0 Å². The van der Waals surface area contributed by atoms with Crippen LogP contribution >= 0.6 is 0 Å². The van der Waals surface area contributed by atoms with E-state index in [2.05, 4.69) is 15.2 Å². The molecule has 1 saturated carbocycles. The van der Waals surface area contributed by atoms with Crippen molar-refractivity contribution in [2.45, 2.75) is 63.2 Å². The van der Waals surface area contributed by atoms with Crippen molar-refractivity contribution < 1.29 is 27.2 Å². The maximum absolute atomic E-state index is 12.6. The summed E-state index contributed by atoms with van der Waals surface area (Å²) in [6.07, 6.45) is 3.79. The van der Waals surface area contributed by atoms with Crippen LogP contribution in [-0.2, 0) is 14.8 Å². The van der Waals surface area contributed by atoms with Crippen molar-refractivity contribution in [2.24, 2.45) is 0 Å². The molecular weight excluding hydrogens is 398 g/mol. The molecule has 10 heteroatoms. The summed E-state index contributed by atoms with van der Waals surface area (Å²) < 4.78 is 44.3. The summed E-state index contributed by atoms with van der Waals surface area (Å²) in [5.41, 5.74) is 0.731. The molecule has 156 valence electrons. The van der Waals surface area contributed by atoms with Crippen LogP contribution in [0.4, 0.5) is 5.69 Å². The molecule has 1 aliphatic carbocycles. The Morgan fingerprint density at radius 1 is 1.17 bits per heavy atom. The molecule has 1 aliphatic heterocycles. The Morgan fingerprint density at radius 3 is 2.52 bits per heavy atom. The SMILES string of the molecule is Cc1noc(C)c1S(=O)(=O)N[C@@H](C)C(=O)Nc1ccc2c(c1)OC1(CCCC1)O2. The number of anilines is 1. The number of amides is 1. The average molecular weight is 421 g/mol. The summed E-state index contributed by atoms with van der Waals surface area (Å²) in [4.78, 5) is 12.5. The van der Waals surface area contributed by atoms with Gasteiger partial charge in [-0.2, -0.15) is 4.72 Å². The van der Waals surface area contributed by atoms with E-state index in [0.717, 1.165) is 25.7 Å². The van der Waals surface area contributed by atoms with Gasteiger partial charge in [-0.15, -0.1) is 0 Å². The summed E-state index contributed by atoms with van der Waals surface area (Å²) in [5, 5.41) is 6.35. The Hall–Kier alpha value is -2.59. The van der Waals surface area contributed by atoms with Crippen LogP contribution in [0.5, 0.6) is 11.5 Å². The Balaban J connectivity index is 1.44. The highest BCUT2D eigenvalue weighted by Gasteiger charge is 2.44. The number of fused-ring (bicyclic) bond motifs is 1.